The summed E-state index contributed by atoms with van der Waals surface area (Å²) >= 11 is 0. The first-order valence-corrected chi connectivity index (χ1v) is 8.21. The van der Waals surface area contributed by atoms with Gasteiger partial charge in [0.2, 0.25) is 0 Å². The fourth-order valence-corrected chi connectivity index (χ4v) is 2.83. The van der Waals surface area contributed by atoms with Crippen LogP contribution < -0.4 is 11.1 Å². The molecule has 2 aromatic carbocycles. The number of anilines is 2. The number of benzene rings is 2. The number of alkyl halides is 1. The van der Waals surface area contributed by atoms with Gasteiger partial charge in [0, 0.05) is 17.8 Å². The predicted octanol–water partition coefficient (Wildman–Crippen LogP) is 4.79. The number of nitrogens with one attached hydrogen (secondary N) is 1. The monoisotopic (exact) mass is 354 g/mol. The van der Waals surface area contributed by atoms with Gasteiger partial charge in [0.1, 0.15) is 6.17 Å². The van der Waals surface area contributed by atoms with E-state index in [-0.39, 0.29) is 0 Å². The van der Waals surface area contributed by atoms with E-state index in [2.05, 4.69) is 17.0 Å². The lowest BCUT2D eigenvalue weighted by Crippen LogP contribution is -2.06. The summed E-state index contributed by atoms with van der Waals surface area (Å²) in [6.45, 7) is 5.54. The third kappa shape index (κ3) is 3.91. The van der Waals surface area contributed by atoms with Crippen LogP contribution in [0.4, 0.5) is 20.2 Å². The first-order chi connectivity index (χ1) is 12.4. The van der Waals surface area contributed by atoms with Gasteiger partial charge in [-0.05, 0) is 36.2 Å². The lowest BCUT2D eigenvalue weighted by atomic mass is 10.0. The van der Waals surface area contributed by atoms with Crippen molar-refractivity contribution in [1.29, 1.82) is 0 Å². The number of aromatic nitrogens is 2. The second-order valence-corrected chi connectivity index (χ2v) is 6.10. The first kappa shape index (κ1) is 17.7. The van der Waals surface area contributed by atoms with Crippen molar-refractivity contribution in [2.75, 3.05) is 11.1 Å². The number of nitrogen functional groups attached to an aromatic ring is 1. The number of halogens is 2. The van der Waals surface area contributed by atoms with E-state index < -0.39 is 12.0 Å². The fraction of sp³-hybridized carbons (Fsp3) is 0.150. The highest BCUT2D eigenvalue weighted by Crippen LogP contribution is 2.25. The summed E-state index contributed by atoms with van der Waals surface area (Å²) in [6, 6.07) is 12.7. The van der Waals surface area contributed by atoms with Crippen LogP contribution in [0.2, 0.25) is 0 Å². The van der Waals surface area contributed by atoms with Crippen molar-refractivity contribution in [3.8, 4) is 5.69 Å². The van der Waals surface area contributed by atoms with Gasteiger partial charge in [-0.2, -0.15) is 5.10 Å². The molecule has 3 rings (SSSR count). The number of rotatable bonds is 6. The highest BCUT2D eigenvalue weighted by molar-refractivity contribution is 5.66. The van der Waals surface area contributed by atoms with E-state index >= 15 is 0 Å². The Hall–Kier alpha value is -3.15. The van der Waals surface area contributed by atoms with Crippen molar-refractivity contribution in [3.05, 3.63) is 84.1 Å². The molecule has 0 saturated heterocycles. The topological polar surface area (TPSA) is 55.9 Å². The van der Waals surface area contributed by atoms with E-state index in [1.807, 2.05) is 18.2 Å². The molecule has 0 aliphatic rings. The lowest BCUT2D eigenvalue weighted by molar-refractivity contribution is 0.372. The Labute approximate surface area is 151 Å². The maximum Gasteiger partial charge on any atom is 0.161 e. The smallest absolute Gasteiger partial charge is 0.161 e. The van der Waals surface area contributed by atoms with E-state index in [0.29, 0.717) is 23.4 Å². The molecule has 0 fully saturated rings. The van der Waals surface area contributed by atoms with Crippen molar-refractivity contribution in [2.45, 2.75) is 19.5 Å². The number of hydrogen-bond acceptors (Lipinski definition) is 3. The van der Waals surface area contributed by atoms with Gasteiger partial charge in [-0.3, -0.25) is 0 Å². The highest BCUT2D eigenvalue weighted by atomic mass is 19.1. The molecule has 1 heterocycles. The summed E-state index contributed by atoms with van der Waals surface area (Å²) in [5.41, 5.74) is 10.1. The molecule has 1 atom stereocenters. The van der Waals surface area contributed by atoms with Crippen molar-refractivity contribution in [2.24, 2.45) is 0 Å². The molecule has 0 saturated carbocycles. The summed E-state index contributed by atoms with van der Waals surface area (Å²) in [5, 5.41) is 7.09. The fourth-order valence-electron chi connectivity index (χ4n) is 2.83. The van der Waals surface area contributed by atoms with Crippen molar-refractivity contribution < 1.29 is 8.78 Å². The van der Waals surface area contributed by atoms with Crippen LogP contribution in [0, 0.1) is 5.82 Å². The molecule has 3 aromatic rings. The quantitative estimate of drug-likeness (QED) is 0.626. The first-order valence-electron chi connectivity index (χ1n) is 8.21. The van der Waals surface area contributed by atoms with Gasteiger partial charge in [0.05, 0.1) is 23.8 Å². The van der Waals surface area contributed by atoms with Gasteiger partial charge < -0.3 is 11.1 Å². The summed E-state index contributed by atoms with van der Waals surface area (Å²) < 4.78 is 28.2. The normalized spacial score (nSPS) is 12.0. The van der Waals surface area contributed by atoms with Crippen LogP contribution in [-0.4, -0.2) is 9.78 Å². The molecule has 6 heteroatoms. The summed E-state index contributed by atoms with van der Waals surface area (Å²) in [6.07, 6.45) is 1.84. The molecule has 134 valence electrons. The van der Waals surface area contributed by atoms with Crippen molar-refractivity contribution >= 4 is 11.4 Å². The lowest BCUT2D eigenvalue weighted by Gasteiger charge is -2.15. The van der Waals surface area contributed by atoms with Gasteiger partial charge in [0.15, 0.2) is 5.82 Å². The highest BCUT2D eigenvalue weighted by Gasteiger charge is 2.10. The minimum absolute atomic E-state index is 0.430. The third-order valence-electron chi connectivity index (χ3n) is 4.03. The van der Waals surface area contributed by atoms with Gasteiger partial charge in [0.25, 0.3) is 0 Å². The molecule has 0 aliphatic heterocycles. The van der Waals surface area contributed by atoms with Crippen LogP contribution in [0.25, 0.3) is 5.69 Å². The minimum atomic E-state index is -1.04. The standard InChI is InChI=1S/C20H20F2N4/c1-13(9-15-5-3-4-6-18(15)14(2)21)25-17-7-8-20(19(23)10-17)26-12-16(22)11-24-26/h3-8,10-12,14,25H,1,9,23H2,2H3. The largest absolute Gasteiger partial charge is 0.397 e. The van der Waals surface area contributed by atoms with Crippen molar-refractivity contribution in [3.63, 3.8) is 0 Å². The summed E-state index contributed by atoms with van der Waals surface area (Å²) in [4.78, 5) is 0. The van der Waals surface area contributed by atoms with Crippen LogP contribution in [0.15, 0.2) is 67.1 Å². The Morgan fingerprint density at radius 1 is 1.31 bits per heavy atom. The number of allylic oxidation sites excluding steroid dienone is 1. The molecular formula is C20H20F2N4. The molecule has 0 amide bonds. The Bertz CT molecular complexity index is 931. The van der Waals surface area contributed by atoms with E-state index in [9.17, 15) is 8.78 Å². The van der Waals surface area contributed by atoms with Crippen LogP contribution in [0.1, 0.15) is 24.2 Å². The maximum atomic E-state index is 13.7. The van der Waals surface area contributed by atoms with E-state index in [0.717, 1.165) is 23.1 Å². The molecule has 3 N–H and O–H groups in total. The van der Waals surface area contributed by atoms with Gasteiger partial charge in [-0.25, -0.2) is 13.5 Å². The van der Waals surface area contributed by atoms with Gasteiger partial charge >= 0.3 is 0 Å². The Kier molecular flexibility index (Phi) is 5.02. The second-order valence-electron chi connectivity index (χ2n) is 6.10. The third-order valence-corrected chi connectivity index (χ3v) is 4.03. The number of nitrogens with two attached hydrogens (primary N) is 1. The van der Waals surface area contributed by atoms with Crippen LogP contribution in [0.3, 0.4) is 0 Å². The van der Waals surface area contributed by atoms with E-state index in [1.54, 1.807) is 24.3 Å². The Morgan fingerprint density at radius 2 is 2.08 bits per heavy atom. The molecule has 26 heavy (non-hydrogen) atoms. The van der Waals surface area contributed by atoms with Crippen LogP contribution in [0.5, 0.6) is 0 Å². The molecule has 4 nitrogen and oxygen atoms in total. The van der Waals surface area contributed by atoms with Gasteiger partial charge in [-0.15, -0.1) is 0 Å². The molecule has 0 aliphatic carbocycles. The molecular weight excluding hydrogens is 334 g/mol. The molecule has 1 unspecified atom stereocenters. The van der Waals surface area contributed by atoms with Crippen molar-refractivity contribution in [1.82, 2.24) is 9.78 Å². The molecule has 0 spiro atoms. The number of nitrogens with zero attached hydrogens (tertiary/aromatic N) is 2. The average molecular weight is 354 g/mol. The zero-order valence-corrected chi connectivity index (χ0v) is 14.4. The maximum absolute atomic E-state index is 13.7. The summed E-state index contributed by atoms with van der Waals surface area (Å²) in [7, 11) is 0. The molecule has 0 bridgehead atoms. The van der Waals surface area contributed by atoms with Gasteiger partial charge in [-0.1, -0.05) is 30.8 Å². The van der Waals surface area contributed by atoms with E-state index in [1.165, 1.54) is 17.8 Å². The SMILES string of the molecule is C=C(Cc1ccccc1C(C)F)Nc1ccc(-n2cc(F)cn2)c(N)c1. The second kappa shape index (κ2) is 7.39. The summed E-state index contributed by atoms with van der Waals surface area (Å²) in [5.74, 6) is -0.430. The number of hydrogen-bond donors (Lipinski definition) is 2. The van der Waals surface area contributed by atoms with Crippen LogP contribution >= 0.6 is 0 Å². The zero-order valence-electron chi connectivity index (χ0n) is 14.4. The van der Waals surface area contributed by atoms with E-state index in [4.69, 9.17) is 5.73 Å². The zero-order chi connectivity index (χ0) is 18.7. The minimum Gasteiger partial charge on any atom is -0.397 e. The Balaban J connectivity index is 1.73. The molecule has 0 radical (unpaired) electrons. The predicted molar refractivity (Wildman–Crippen MR) is 100 cm³/mol. The van der Waals surface area contributed by atoms with Crippen LogP contribution in [-0.2, 0) is 6.42 Å². The molecule has 1 aromatic heterocycles. The Morgan fingerprint density at radius 3 is 2.73 bits per heavy atom. The average Bonchev–Trinajstić information content (AvgIpc) is 3.01.